The number of rotatable bonds is 4. The number of carbonyl (C=O) groups excluding carboxylic acids is 1. The Kier molecular flexibility index (Phi) is 3.99. The number of hydrogen-bond acceptors (Lipinski definition) is 3. The molecule has 122 valence electrons. The maximum absolute atomic E-state index is 12.6. The van der Waals surface area contributed by atoms with Crippen LogP contribution in [-0.2, 0) is 14.3 Å². The van der Waals surface area contributed by atoms with E-state index < -0.39 is 0 Å². The quantitative estimate of drug-likeness (QED) is 0.801. The summed E-state index contributed by atoms with van der Waals surface area (Å²) in [6.45, 7) is 3.25. The summed E-state index contributed by atoms with van der Waals surface area (Å²) in [5.41, 5.74) is 0.887. The molecule has 0 N–H and O–H groups in total. The molecule has 4 nitrogen and oxygen atoms in total. The zero-order valence-electron chi connectivity index (χ0n) is 13.4. The predicted molar refractivity (Wildman–Crippen MR) is 83.5 cm³/mol. The first-order valence-electron chi connectivity index (χ1n) is 8.98. The number of hydrogen-bond donors (Lipinski definition) is 0. The molecule has 0 aromatic heterocycles. The van der Waals surface area contributed by atoms with Gasteiger partial charge in [-0.05, 0) is 50.9 Å². The highest BCUT2D eigenvalue weighted by molar-refractivity contribution is 5.93. The summed E-state index contributed by atoms with van der Waals surface area (Å²) < 4.78 is 12.2. The van der Waals surface area contributed by atoms with Gasteiger partial charge in [0.1, 0.15) is 0 Å². The second kappa shape index (κ2) is 5.97. The van der Waals surface area contributed by atoms with E-state index in [1.54, 1.807) is 0 Å². The van der Waals surface area contributed by atoms with E-state index in [0.29, 0.717) is 6.61 Å². The maximum Gasteiger partial charge on any atom is 0.249 e. The summed E-state index contributed by atoms with van der Waals surface area (Å²) in [6, 6.07) is 0. The van der Waals surface area contributed by atoms with E-state index in [1.165, 1.54) is 12.8 Å². The molecule has 0 aromatic carbocycles. The van der Waals surface area contributed by atoms with Crippen molar-refractivity contribution in [1.82, 2.24) is 4.90 Å². The molecule has 2 aliphatic heterocycles. The summed E-state index contributed by atoms with van der Waals surface area (Å²) in [5.74, 6) is 1.05. The third kappa shape index (κ3) is 3.09. The third-order valence-corrected chi connectivity index (χ3v) is 5.58. The Balaban J connectivity index is 1.34. The van der Waals surface area contributed by atoms with Gasteiger partial charge in [0.15, 0.2) is 0 Å². The molecule has 0 bridgehead atoms. The Labute approximate surface area is 132 Å². The van der Waals surface area contributed by atoms with Crippen molar-refractivity contribution in [1.29, 1.82) is 0 Å². The standard InChI is InChI=1S/C18H27NO3/c20-17(15-4-1-2-5-15)19-9-3-8-18(13-19)10-16(12-22-18)21-11-14-6-7-14/h4,14,16H,1-3,5-13H2/t16-,18-/m0/s1. The number of carbonyl (C=O) groups is 1. The number of amides is 1. The molecule has 4 aliphatic rings. The summed E-state index contributed by atoms with van der Waals surface area (Å²) in [6.07, 6.45) is 11.3. The lowest BCUT2D eigenvalue weighted by Gasteiger charge is -2.39. The maximum atomic E-state index is 12.6. The zero-order valence-corrected chi connectivity index (χ0v) is 13.4. The van der Waals surface area contributed by atoms with Gasteiger partial charge in [-0.3, -0.25) is 4.79 Å². The highest BCUT2D eigenvalue weighted by Crippen LogP contribution is 2.38. The molecule has 2 atom stereocenters. The van der Waals surface area contributed by atoms with Crippen LogP contribution in [0.1, 0.15) is 51.4 Å². The van der Waals surface area contributed by atoms with Gasteiger partial charge in [-0.25, -0.2) is 0 Å². The topological polar surface area (TPSA) is 38.8 Å². The van der Waals surface area contributed by atoms with Crippen molar-refractivity contribution in [3.8, 4) is 0 Å². The average molecular weight is 305 g/mol. The van der Waals surface area contributed by atoms with Gasteiger partial charge in [0.05, 0.1) is 24.9 Å². The Morgan fingerprint density at radius 1 is 1.41 bits per heavy atom. The highest BCUT2D eigenvalue weighted by Gasteiger charge is 2.45. The van der Waals surface area contributed by atoms with E-state index >= 15 is 0 Å². The second-order valence-corrected chi connectivity index (χ2v) is 7.55. The van der Waals surface area contributed by atoms with Gasteiger partial charge in [0.2, 0.25) is 5.91 Å². The first-order valence-corrected chi connectivity index (χ1v) is 8.98. The van der Waals surface area contributed by atoms with E-state index in [0.717, 1.165) is 69.7 Å². The molecule has 0 radical (unpaired) electrons. The van der Waals surface area contributed by atoms with Crippen LogP contribution in [0.25, 0.3) is 0 Å². The first-order chi connectivity index (χ1) is 10.7. The second-order valence-electron chi connectivity index (χ2n) is 7.55. The van der Waals surface area contributed by atoms with Crippen LogP contribution < -0.4 is 0 Å². The normalized spacial score (nSPS) is 35.2. The summed E-state index contributed by atoms with van der Waals surface area (Å²) in [4.78, 5) is 14.6. The van der Waals surface area contributed by atoms with Crippen molar-refractivity contribution >= 4 is 5.91 Å². The molecular formula is C18H27NO3. The van der Waals surface area contributed by atoms with E-state index in [4.69, 9.17) is 9.47 Å². The van der Waals surface area contributed by atoms with Crippen molar-refractivity contribution in [3.63, 3.8) is 0 Å². The molecule has 1 amide bonds. The third-order valence-electron chi connectivity index (χ3n) is 5.58. The van der Waals surface area contributed by atoms with E-state index in [9.17, 15) is 4.79 Å². The molecule has 22 heavy (non-hydrogen) atoms. The van der Waals surface area contributed by atoms with E-state index in [1.807, 2.05) is 4.90 Å². The van der Waals surface area contributed by atoms with Crippen molar-refractivity contribution in [2.75, 3.05) is 26.3 Å². The lowest BCUT2D eigenvalue weighted by molar-refractivity contribution is -0.135. The molecule has 3 fully saturated rings. The SMILES string of the molecule is O=C(C1=CCCC1)N1CCC[C@]2(C[C@H](OCC3CC3)CO2)C1. The van der Waals surface area contributed by atoms with Crippen LogP contribution >= 0.6 is 0 Å². The van der Waals surface area contributed by atoms with Crippen molar-refractivity contribution < 1.29 is 14.3 Å². The molecule has 0 aromatic rings. The summed E-state index contributed by atoms with van der Waals surface area (Å²) >= 11 is 0. The van der Waals surface area contributed by atoms with E-state index in [-0.39, 0.29) is 17.6 Å². The van der Waals surface area contributed by atoms with Crippen molar-refractivity contribution in [3.05, 3.63) is 11.6 Å². The Morgan fingerprint density at radius 2 is 2.32 bits per heavy atom. The Hall–Kier alpha value is -0.870. The Bertz CT molecular complexity index is 471. The molecule has 2 aliphatic carbocycles. The average Bonchev–Trinajstić information content (AvgIpc) is 3.05. The van der Waals surface area contributed by atoms with Gasteiger partial charge < -0.3 is 14.4 Å². The molecule has 4 heteroatoms. The van der Waals surface area contributed by atoms with Gasteiger partial charge in [0, 0.05) is 25.1 Å². The van der Waals surface area contributed by atoms with Gasteiger partial charge >= 0.3 is 0 Å². The fourth-order valence-corrected chi connectivity index (χ4v) is 4.09. The van der Waals surface area contributed by atoms with Gasteiger partial charge in [0.25, 0.3) is 0 Å². The van der Waals surface area contributed by atoms with Gasteiger partial charge in [-0.15, -0.1) is 0 Å². The van der Waals surface area contributed by atoms with Crippen LogP contribution in [0.5, 0.6) is 0 Å². The molecule has 0 unspecified atom stereocenters. The lowest BCUT2D eigenvalue weighted by atomic mass is 9.89. The van der Waals surface area contributed by atoms with Crippen LogP contribution in [0, 0.1) is 5.92 Å². The van der Waals surface area contributed by atoms with E-state index in [2.05, 4.69) is 6.08 Å². The van der Waals surface area contributed by atoms with Crippen molar-refractivity contribution in [2.24, 2.45) is 5.92 Å². The molecule has 2 heterocycles. The molecule has 2 saturated heterocycles. The fourth-order valence-electron chi connectivity index (χ4n) is 4.09. The van der Waals surface area contributed by atoms with Crippen LogP contribution in [0.15, 0.2) is 11.6 Å². The number of likely N-dealkylation sites (tertiary alicyclic amines) is 1. The first kappa shape index (κ1) is 14.7. The number of nitrogens with zero attached hydrogens (tertiary/aromatic N) is 1. The Morgan fingerprint density at radius 3 is 3.09 bits per heavy atom. The fraction of sp³-hybridized carbons (Fsp3) is 0.833. The van der Waals surface area contributed by atoms with Crippen LogP contribution in [0.4, 0.5) is 0 Å². The monoisotopic (exact) mass is 305 g/mol. The minimum Gasteiger partial charge on any atom is -0.375 e. The largest absolute Gasteiger partial charge is 0.375 e. The predicted octanol–water partition coefficient (Wildman–Crippen LogP) is 2.67. The van der Waals surface area contributed by atoms with Crippen molar-refractivity contribution in [2.45, 2.75) is 63.1 Å². The molecule has 1 spiro atoms. The lowest BCUT2D eigenvalue weighted by Crippen LogP contribution is -2.50. The summed E-state index contributed by atoms with van der Waals surface area (Å²) in [7, 11) is 0. The minimum atomic E-state index is -0.138. The van der Waals surface area contributed by atoms with Crippen LogP contribution in [0.2, 0.25) is 0 Å². The van der Waals surface area contributed by atoms with Crippen LogP contribution in [0.3, 0.4) is 0 Å². The summed E-state index contributed by atoms with van der Waals surface area (Å²) in [5, 5.41) is 0. The number of ether oxygens (including phenoxy) is 2. The zero-order chi connectivity index (χ0) is 15.0. The molecular weight excluding hydrogens is 278 g/mol. The van der Waals surface area contributed by atoms with Crippen LogP contribution in [-0.4, -0.2) is 48.8 Å². The number of piperidine rings is 1. The molecule has 4 rings (SSSR count). The number of allylic oxidation sites excluding steroid dienone is 1. The minimum absolute atomic E-state index is 0.138. The highest BCUT2D eigenvalue weighted by atomic mass is 16.6. The smallest absolute Gasteiger partial charge is 0.249 e. The van der Waals surface area contributed by atoms with Gasteiger partial charge in [-0.2, -0.15) is 0 Å². The van der Waals surface area contributed by atoms with Gasteiger partial charge in [-0.1, -0.05) is 6.08 Å². The molecule has 1 saturated carbocycles.